The minimum absolute atomic E-state index is 0.0783. The van der Waals surface area contributed by atoms with Crippen LogP contribution in [0.4, 0.5) is 4.79 Å². The molecule has 0 atom stereocenters. The average Bonchev–Trinajstić information content (AvgIpc) is 3.11. The second-order valence-electron chi connectivity index (χ2n) is 8.13. The van der Waals surface area contributed by atoms with Gasteiger partial charge in [-0.15, -0.1) is 0 Å². The van der Waals surface area contributed by atoms with Crippen LogP contribution in [0.15, 0.2) is 66.7 Å². The highest BCUT2D eigenvalue weighted by atomic mass is 16.5. The summed E-state index contributed by atoms with van der Waals surface area (Å²) in [7, 11) is 1.69. The summed E-state index contributed by atoms with van der Waals surface area (Å²) >= 11 is 0. The molecule has 0 fully saturated rings. The first-order chi connectivity index (χ1) is 15.6. The molecule has 0 heterocycles. The number of carbonyl (C=O) groups is 1. The molecule has 0 bridgehead atoms. The topological polar surface area (TPSA) is 47.6 Å². The van der Waals surface area contributed by atoms with E-state index in [2.05, 4.69) is 53.9 Å². The Morgan fingerprint density at radius 2 is 1.56 bits per heavy atom. The molecule has 0 saturated carbocycles. The van der Waals surface area contributed by atoms with Crippen molar-refractivity contribution in [2.45, 2.75) is 26.2 Å². The predicted molar refractivity (Wildman–Crippen MR) is 129 cm³/mol. The van der Waals surface area contributed by atoms with E-state index in [1.54, 1.807) is 7.11 Å². The minimum atomic E-state index is -0.378. The zero-order valence-corrected chi connectivity index (χ0v) is 18.9. The van der Waals surface area contributed by atoms with Gasteiger partial charge in [0.1, 0.15) is 12.4 Å². The number of hydrogen-bond donors (Lipinski definition) is 1. The molecular formula is C28H29NO3. The fraction of sp³-hybridized carbons (Fsp3) is 0.250. The molecule has 1 aliphatic carbocycles. The maximum atomic E-state index is 12.2. The van der Waals surface area contributed by atoms with Crippen molar-refractivity contribution in [2.75, 3.05) is 20.3 Å². The summed E-state index contributed by atoms with van der Waals surface area (Å²) in [6, 6.07) is 20.9. The normalized spacial score (nSPS) is 12.5. The molecule has 3 aromatic rings. The van der Waals surface area contributed by atoms with Gasteiger partial charge in [0.2, 0.25) is 0 Å². The fourth-order valence-corrected chi connectivity index (χ4v) is 4.53. The number of rotatable bonds is 7. The van der Waals surface area contributed by atoms with Crippen LogP contribution in [0.2, 0.25) is 0 Å². The lowest BCUT2D eigenvalue weighted by Crippen LogP contribution is -2.26. The van der Waals surface area contributed by atoms with Gasteiger partial charge in [0.05, 0.1) is 7.11 Å². The van der Waals surface area contributed by atoms with Crippen molar-refractivity contribution in [2.24, 2.45) is 0 Å². The van der Waals surface area contributed by atoms with Gasteiger partial charge in [0, 0.05) is 12.5 Å². The van der Waals surface area contributed by atoms with E-state index in [9.17, 15) is 4.79 Å². The number of fused-ring (bicyclic) bond motifs is 3. The predicted octanol–water partition coefficient (Wildman–Crippen LogP) is 6.25. The summed E-state index contributed by atoms with van der Waals surface area (Å²) in [5.41, 5.74) is 8.25. The Morgan fingerprint density at radius 3 is 2.16 bits per heavy atom. The van der Waals surface area contributed by atoms with E-state index >= 15 is 0 Å². The maximum Gasteiger partial charge on any atom is 0.407 e. The van der Waals surface area contributed by atoms with E-state index in [-0.39, 0.29) is 12.0 Å². The zero-order valence-electron chi connectivity index (χ0n) is 18.9. The molecular weight excluding hydrogens is 398 g/mol. The molecule has 0 spiro atoms. The lowest BCUT2D eigenvalue weighted by Gasteiger charge is -2.14. The second-order valence-corrected chi connectivity index (χ2v) is 8.13. The zero-order chi connectivity index (χ0) is 22.5. The lowest BCUT2D eigenvalue weighted by atomic mass is 9.98. The van der Waals surface area contributed by atoms with Crippen LogP contribution in [-0.2, 0) is 4.74 Å². The van der Waals surface area contributed by atoms with Gasteiger partial charge in [-0.25, -0.2) is 4.79 Å². The third-order valence-corrected chi connectivity index (χ3v) is 5.92. The lowest BCUT2D eigenvalue weighted by molar-refractivity contribution is 0.143. The van der Waals surface area contributed by atoms with Crippen molar-refractivity contribution < 1.29 is 14.3 Å². The first-order valence-electron chi connectivity index (χ1n) is 11.0. The molecule has 0 radical (unpaired) electrons. The quantitative estimate of drug-likeness (QED) is 0.453. The third-order valence-electron chi connectivity index (χ3n) is 5.92. The summed E-state index contributed by atoms with van der Waals surface area (Å²) < 4.78 is 11.0. The standard InChI is InChI=1S/C28H29NO3/c1-19-16-21(17-20(2)27(19)31-3)10-8-9-15-29-28(30)32-18-26-24-13-6-4-11-22(24)23-12-5-7-14-25(23)26/h4-8,10-14,16-17,26H,9,15,18H2,1-3H3,(H,29,30). The van der Waals surface area contributed by atoms with Gasteiger partial charge in [-0.2, -0.15) is 0 Å². The monoisotopic (exact) mass is 427 g/mol. The summed E-state index contributed by atoms with van der Waals surface area (Å²) in [4.78, 5) is 12.2. The number of ether oxygens (including phenoxy) is 2. The van der Waals surface area contributed by atoms with Crippen molar-refractivity contribution in [3.05, 3.63) is 94.6 Å². The first kappa shape index (κ1) is 21.7. The summed E-state index contributed by atoms with van der Waals surface area (Å²) in [6.07, 6.45) is 4.48. The van der Waals surface area contributed by atoms with Crippen molar-refractivity contribution in [3.63, 3.8) is 0 Å². The van der Waals surface area contributed by atoms with E-state index in [4.69, 9.17) is 9.47 Å². The molecule has 4 heteroatoms. The highest BCUT2D eigenvalue weighted by molar-refractivity contribution is 5.79. The number of hydrogen-bond acceptors (Lipinski definition) is 3. The van der Waals surface area contributed by atoms with Gasteiger partial charge in [-0.3, -0.25) is 0 Å². The molecule has 3 aromatic carbocycles. The SMILES string of the molecule is COc1c(C)cc(C=CCCNC(=O)OCC2c3ccccc3-c3ccccc32)cc1C. The molecule has 4 nitrogen and oxygen atoms in total. The van der Waals surface area contributed by atoms with E-state index in [0.29, 0.717) is 13.2 Å². The number of alkyl carbamates (subject to hydrolysis) is 1. The Hall–Kier alpha value is -3.53. The summed E-state index contributed by atoms with van der Waals surface area (Å²) in [5, 5.41) is 2.85. The molecule has 0 aliphatic heterocycles. The van der Waals surface area contributed by atoms with Crippen molar-refractivity contribution >= 4 is 12.2 Å². The largest absolute Gasteiger partial charge is 0.496 e. The van der Waals surface area contributed by atoms with Gasteiger partial charge in [0.25, 0.3) is 0 Å². The number of aryl methyl sites for hydroxylation is 2. The van der Waals surface area contributed by atoms with Gasteiger partial charge in [-0.05, 0) is 71.3 Å². The summed E-state index contributed by atoms with van der Waals surface area (Å²) in [5.74, 6) is 1.01. The van der Waals surface area contributed by atoms with Gasteiger partial charge in [-0.1, -0.05) is 60.7 Å². The van der Waals surface area contributed by atoms with Gasteiger partial charge in [0.15, 0.2) is 0 Å². The first-order valence-corrected chi connectivity index (χ1v) is 11.0. The smallest absolute Gasteiger partial charge is 0.407 e. The number of amides is 1. The molecule has 32 heavy (non-hydrogen) atoms. The molecule has 0 unspecified atom stereocenters. The van der Waals surface area contributed by atoms with Crippen molar-refractivity contribution in [1.82, 2.24) is 5.32 Å². The molecule has 164 valence electrons. The van der Waals surface area contributed by atoms with Crippen molar-refractivity contribution in [1.29, 1.82) is 0 Å². The number of benzene rings is 3. The van der Waals surface area contributed by atoms with Gasteiger partial charge < -0.3 is 14.8 Å². The van der Waals surface area contributed by atoms with Crippen LogP contribution >= 0.6 is 0 Å². The Labute approximate surface area is 189 Å². The van der Waals surface area contributed by atoms with Crippen molar-refractivity contribution in [3.8, 4) is 16.9 Å². The Kier molecular flexibility index (Phi) is 6.60. The highest BCUT2D eigenvalue weighted by Crippen LogP contribution is 2.44. The number of carbonyl (C=O) groups excluding carboxylic acids is 1. The second kappa shape index (κ2) is 9.73. The Bertz CT molecular complexity index is 1080. The van der Waals surface area contributed by atoms with Crippen LogP contribution in [-0.4, -0.2) is 26.4 Å². The van der Waals surface area contributed by atoms with Crippen LogP contribution in [0.3, 0.4) is 0 Å². The van der Waals surface area contributed by atoms with E-state index < -0.39 is 0 Å². The van der Waals surface area contributed by atoms with Crippen LogP contribution in [0.1, 0.15) is 40.2 Å². The fourth-order valence-electron chi connectivity index (χ4n) is 4.53. The molecule has 1 N–H and O–H groups in total. The van der Waals surface area contributed by atoms with Crippen LogP contribution in [0, 0.1) is 13.8 Å². The number of methoxy groups -OCH3 is 1. The van der Waals surface area contributed by atoms with Crippen LogP contribution in [0.5, 0.6) is 5.75 Å². The molecule has 1 aliphatic rings. The van der Waals surface area contributed by atoms with Crippen LogP contribution in [0.25, 0.3) is 17.2 Å². The van der Waals surface area contributed by atoms with Gasteiger partial charge >= 0.3 is 6.09 Å². The molecule has 0 saturated heterocycles. The van der Waals surface area contributed by atoms with E-state index in [0.717, 1.165) is 28.9 Å². The van der Waals surface area contributed by atoms with E-state index in [1.807, 2.05) is 38.1 Å². The number of nitrogens with one attached hydrogen (secondary N) is 1. The Balaban J connectivity index is 1.27. The minimum Gasteiger partial charge on any atom is -0.496 e. The average molecular weight is 428 g/mol. The Morgan fingerprint density at radius 1 is 0.969 bits per heavy atom. The molecule has 4 rings (SSSR count). The van der Waals surface area contributed by atoms with E-state index in [1.165, 1.54) is 22.3 Å². The van der Waals surface area contributed by atoms with Crippen LogP contribution < -0.4 is 10.1 Å². The molecule has 0 aromatic heterocycles. The molecule has 1 amide bonds. The maximum absolute atomic E-state index is 12.2. The third kappa shape index (κ3) is 4.54. The highest BCUT2D eigenvalue weighted by Gasteiger charge is 2.28. The summed E-state index contributed by atoms with van der Waals surface area (Å²) in [6.45, 7) is 4.95.